The van der Waals surface area contributed by atoms with Crippen LogP contribution in [-0.2, 0) is 11.3 Å². The maximum Gasteiger partial charge on any atom is 0.232 e. The number of amides is 1. The minimum atomic E-state index is 0.280. The first-order chi connectivity index (χ1) is 8.79. The molecule has 4 heteroatoms. The molecule has 1 heterocycles. The van der Waals surface area contributed by atoms with Gasteiger partial charge in [-0.2, -0.15) is 11.8 Å². The average Bonchev–Trinajstić information content (AvgIpc) is 2.41. The molecule has 1 aliphatic heterocycles. The molecule has 1 saturated heterocycles. The molecule has 18 heavy (non-hydrogen) atoms. The topological polar surface area (TPSA) is 23.6 Å². The monoisotopic (exact) mass is 264 g/mol. The van der Waals surface area contributed by atoms with Gasteiger partial charge in [0.2, 0.25) is 5.91 Å². The van der Waals surface area contributed by atoms with Crippen molar-refractivity contribution in [3.8, 4) is 0 Å². The highest BCUT2D eigenvalue weighted by atomic mass is 32.2. The number of carbonyl (C=O) groups is 1. The molecule has 1 aliphatic rings. The number of hydrogen-bond donors (Lipinski definition) is 0. The van der Waals surface area contributed by atoms with Crippen LogP contribution in [0.1, 0.15) is 5.56 Å². The van der Waals surface area contributed by atoms with Crippen LogP contribution in [0.2, 0.25) is 0 Å². The zero-order valence-electron chi connectivity index (χ0n) is 10.8. The Hall–Kier alpha value is -1.00. The van der Waals surface area contributed by atoms with Gasteiger partial charge in [0.05, 0.1) is 5.75 Å². The van der Waals surface area contributed by atoms with E-state index in [-0.39, 0.29) is 5.91 Å². The van der Waals surface area contributed by atoms with Gasteiger partial charge in [-0.25, -0.2) is 0 Å². The fraction of sp³-hybridized carbons (Fsp3) is 0.500. The van der Waals surface area contributed by atoms with Gasteiger partial charge in [-0.3, -0.25) is 9.69 Å². The maximum atomic E-state index is 11.7. The van der Waals surface area contributed by atoms with Crippen molar-refractivity contribution in [2.75, 3.05) is 38.2 Å². The van der Waals surface area contributed by atoms with E-state index in [9.17, 15) is 4.79 Å². The summed E-state index contributed by atoms with van der Waals surface area (Å²) in [5.41, 5.74) is 1.35. The van der Waals surface area contributed by atoms with Crippen molar-refractivity contribution < 1.29 is 4.79 Å². The summed E-state index contributed by atoms with van der Waals surface area (Å²) in [6.07, 6.45) is 1.98. The number of carbonyl (C=O) groups excluding carboxylic acids is 1. The molecule has 0 aliphatic carbocycles. The Balaban J connectivity index is 1.78. The van der Waals surface area contributed by atoms with Crippen molar-refractivity contribution in [1.82, 2.24) is 9.80 Å². The largest absolute Gasteiger partial charge is 0.339 e. The minimum Gasteiger partial charge on any atom is -0.339 e. The average molecular weight is 264 g/mol. The van der Waals surface area contributed by atoms with Gasteiger partial charge in [0.25, 0.3) is 0 Å². The summed E-state index contributed by atoms with van der Waals surface area (Å²) >= 11 is 1.60. The fourth-order valence-corrected chi connectivity index (χ4v) is 2.64. The number of thioether (sulfide) groups is 1. The molecule has 0 N–H and O–H groups in total. The Labute approximate surface area is 113 Å². The Morgan fingerprint density at radius 2 is 1.83 bits per heavy atom. The fourth-order valence-electron chi connectivity index (χ4n) is 2.21. The summed E-state index contributed by atoms with van der Waals surface area (Å²) in [5, 5.41) is 0. The van der Waals surface area contributed by atoms with Crippen LogP contribution >= 0.6 is 11.8 Å². The number of rotatable bonds is 4. The third kappa shape index (κ3) is 3.75. The van der Waals surface area contributed by atoms with Crippen LogP contribution in [0.5, 0.6) is 0 Å². The second kappa shape index (κ2) is 6.81. The molecule has 2 rings (SSSR count). The van der Waals surface area contributed by atoms with Crippen LogP contribution in [0.15, 0.2) is 30.3 Å². The molecule has 3 nitrogen and oxygen atoms in total. The van der Waals surface area contributed by atoms with Gasteiger partial charge in [0.1, 0.15) is 0 Å². The van der Waals surface area contributed by atoms with Crippen molar-refractivity contribution in [1.29, 1.82) is 0 Å². The molecule has 1 fully saturated rings. The van der Waals surface area contributed by atoms with Gasteiger partial charge >= 0.3 is 0 Å². The Kier molecular flexibility index (Phi) is 5.08. The van der Waals surface area contributed by atoms with Crippen molar-refractivity contribution in [3.63, 3.8) is 0 Å². The highest BCUT2D eigenvalue weighted by Gasteiger charge is 2.20. The lowest BCUT2D eigenvalue weighted by atomic mass is 10.2. The summed E-state index contributed by atoms with van der Waals surface area (Å²) in [7, 11) is 0. The van der Waals surface area contributed by atoms with Crippen LogP contribution in [-0.4, -0.2) is 53.9 Å². The maximum absolute atomic E-state index is 11.7. The molecule has 0 radical (unpaired) electrons. The van der Waals surface area contributed by atoms with E-state index in [2.05, 4.69) is 29.2 Å². The number of benzene rings is 1. The minimum absolute atomic E-state index is 0.280. The highest BCUT2D eigenvalue weighted by molar-refractivity contribution is 7.99. The summed E-state index contributed by atoms with van der Waals surface area (Å²) in [4.78, 5) is 16.1. The first kappa shape index (κ1) is 13.4. The quantitative estimate of drug-likeness (QED) is 0.827. The van der Waals surface area contributed by atoms with E-state index in [1.165, 1.54) is 5.56 Å². The van der Waals surface area contributed by atoms with Gasteiger partial charge in [-0.1, -0.05) is 30.3 Å². The predicted octanol–water partition coefficient (Wildman–Crippen LogP) is 1.69. The molecule has 0 atom stereocenters. The van der Waals surface area contributed by atoms with E-state index < -0.39 is 0 Å². The first-order valence-corrected chi connectivity index (χ1v) is 7.72. The third-order valence-electron chi connectivity index (χ3n) is 3.24. The summed E-state index contributed by atoms with van der Waals surface area (Å²) in [5.74, 6) is 0.889. The number of hydrogen-bond acceptors (Lipinski definition) is 3. The van der Waals surface area contributed by atoms with E-state index in [0.717, 1.165) is 32.7 Å². The summed E-state index contributed by atoms with van der Waals surface area (Å²) < 4.78 is 0. The zero-order valence-corrected chi connectivity index (χ0v) is 11.7. The Bertz CT molecular complexity index is 375. The molecule has 1 aromatic rings. The second-order valence-corrected chi connectivity index (χ2v) is 5.44. The molecule has 0 unspecified atom stereocenters. The van der Waals surface area contributed by atoms with E-state index in [0.29, 0.717) is 5.75 Å². The number of nitrogens with zero attached hydrogens (tertiary/aromatic N) is 2. The smallest absolute Gasteiger partial charge is 0.232 e. The van der Waals surface area contributed by atoms with Crippen LogP contribution in [0, 0.1) is 0 Å². The van der Waals surface area contributed by atoms with E-state index >= 15 is 0 Å². The van der Waals surface area contributed by atoms with E-state index in [1.807, 2.05) is 17.2 Å². The molecule has 0 spiro atoms. The normalized spacial score (nSPS) is 16.8. The molecule has 1 amide bonds. The van der Waals surface area contributed by atoms with Gasteiger partial charge in [-0.15, -0.1) is 0 Å². The Morgan fingerprint density at radius 3 is 2.44 bits per heavy atom. The Morgan fingerprint density at radius 1 is 1.17 bits per heavy atom. The van der Waals surface area contributed by atoms with Crippen LogP contribution < -0.4 is 0 Å². The van der Waals surface area contributed by atoms with Gasteiger partial charge in [0, 0.05) is 32.7 Å². The van der Waals surface area contributed by atoms with Crippen LogP contribution in [0.4, 0.5) is 0 Å². The lowest BCUT2D eigenvalue weighted by molar-refractivity contribution is -0.130. The predicted molar refractivity (Wildman–Crippen MR) is 76.7 cm³/mol. The van der Waals surface area contributed by atoms with Crippen molar-refractivity contribution >= 4 is 17.7 Å². The second-order valence-electron chi connectivity index (χ2n) is 4.58. The van der Waals surface area contributed by atoms with Gasteiger partial charge in [0.15, 0.2) is 0 Å². The molecule has 0 aromatic heterocycles. The van der Waals surface area contributed by atoms with E-state index in [1.54, 1.807) is 11.8 Å². The van der Waals surface area contributed by atoms with Crippen molar-refractivity contribution in [2.45, 2.75) is 6.54 Å². The SMILES string of the molecule is CSCC(=O)N1CCN(Cc2ccccc2)CC1. The molecule has 0 bridgehead atoms. The summed E-state index contributed by atoms with van der Waals surface area (Å²) in [6, 6.07) is 10.5. The lowest BCUT2D eigenvalue weighted by Crippen LogP contribution is -2.48. The number of piperazine rings is 1. The molecule has 0 saturated carbocycles. The molecule has 1 aromatic carbocycles. The molecular formula is C14H20N2OS. The van der Waals surface area contributed by atoms with Crippen LogP contribution in [0.3, 0.4) is 0 Å². The molecular weight excluding hydrogens is 244 g/mol. The lowest BCUT2D eigenvalue weighted by Gasteiger charge is -2.34. The van der Waals surface area contributed by atoms with Gasteiger partial charge in [-0.05, 0) is 11.8 Å². The standard InChI is InChI=1S/C14H20N2OS/c1-18-12-14(17)16-9-7-15(8-10-16)11-13-5-3-2-4-6-13/h2-6H,7-12H2,1H3. The van der Waals surface area contributed by atoms with Crippen molar-refractivity contribution in [3.05, 3.63) is 35.9 Å². The third-order valence-corrected chi connectivity index (χ3v) is 3.78. The zero-order chi connectivity index (χ0) is 12.8. The van der Waals surface area contributed by atoms with Crippen LogP contribution in [0.25, 0.3) is 0 Å². The van der Waals surface area contributed by atoms with Gasteiger partial charge < -0.3 is 4.90 Å². The first-order valence-electron chi connectivity index (χ1n) is 6.32. The summed E-state index contributed by atoms with van der Waals surface area (Å²) in [6.45, 7) is 4.69. The van der Waals surface area contributed by atoms with E-state index in [4.69, 9.17) is 0 Å². The van der Waals surface area contributed by atoms with Crippen molar-refractivity contribution in [2.24, 2.45) is 0 Å². The molecule has 98 valence electrons. The highest BCUT2D eigenvalue weighted by Crippen LogP contribution is 2.09.